The Morgan fingerprint density at radius 3 is 2.69 bits per heavy atom. The number of benzene rings is 1. The van der Waals surface area contributed by atoms with Gasteiger partial charge in [0.2, 0.25) is 5.95 Å². The van der Waals surface area contributed by atoms with Crippen molar-refractivity contribution in [3.8, 4) is 5.75 Å². The van der Waals surface area contributed by atoms with Gasteiger partial charge in [0.05, 0.1) is 19.3 Å². The molecule has 7 nitrogen and oxygen atoms in total. The Balaban J connectivity index is 0.00000300. The predicted octanol–water partition coefficient (Wildman–Crippen LogP) is 4.33. The molecule has 3 aromatic rings. The molecular weight excluding hydrogens is 410 g/mol. The van der Waals surface area contributed by atoms with E-state index in [-0.39, 0.29) is 25.1 Å². The Morgan fingerprint density at radius 2 is 2.00 bits per heavy atom. The van der Waals surface area contributed by atoms with Crippen LogP contribution in [0.2, 0.25) is 5.02 Å². The van der Waals surface area contributed by atoms with E-state index >= 15 is 0 Å². The zero-order chi connectivity index (χ0) is 20.3. The molecule has 29 heavy (non-hydrogen) atoms. The number of aromatic nitrogens is 3. The first-order valence-electron chi connectivity index (χ1n) is 9.11. The van der Waals surface area contributed by atoms with Crippen molar-refractivity contribution in [2.45, 2.75) is 26.8 Å². The number of H-pyrrole nitrogens is 1. The quantitative estimate of drug-likeness (QED) is 0.511. The van der Waals surface area contributed by atoms with Gasteiger partial charge in [-0.2, -0.15) is 18.5 Å². The molecule has 3 rings (SSSR count). The van der Waals surface area contributed by atoms with Crippen LogP contribution in [0.1, 0.15) is 32.4 Å². The maximum atomic E-state index is 12.5. The van der Waals surface area contributed by atoms with Gasteiger partial charge in [-0.15, -0.1) is 0 Å². The molecule has 0 saturated carbocycles. The molecule has 9 heteroatoms. The second-order valence-electron chi connectivity index (χ2n) is 7.04. The Bertz CT molecular complexity index is 1040. The van der Waals surface area contributed by atoms with Crippen molar-refractivity contribution in [2.24, 2.45) is 5.92 Å². The van der Waals surface area contributed by atoms with Crippen LogP contribution in [0.3, 0.4) is 0 Å². The molecule has 2 aromatic heterocycles. The minimum atomic E-state index is -0.307. The molecule has 1 atom stereocenters. The summed E-state index contributed by atoms with van der Waals surface area (Å²) in [5.41, 5.74) is 1.15. The number of nitrogens with one attached hydrogen (secondary N) is 3. The number of pyridine rings is 1. The predicted molar refractivity (Wildman–Crippen MR) is 124 cm³/mol. The number of methoxy groups -OCH3 is 1. The standard InChI is InChI=1S/C20H24ClN5O2.H2S/c1-11(2)9-22-18-17(28-4)10-23-20(26-18)24-12(3)15-8-13-7-14(21)5-6-16(13)25-19(15)27;/h5-8,10-12H,9H2,1-4H3,(H,25,27)(H2,22,23,24,26);1H2/t12-;/m0./s1. The number of halogens is 1. The molecule has 0 fully saturated rings. The summed E-state index contributed by atoms with van der Waals surface area (Å²) in [6.45, 7) is 6.86. The molecule has 0 aliphatic carbocycles. The monoisotopic (exact) mass is 435 g/mol. The van der Waals surface area contributed by atoms with Crippen LogP contribution >= 0.6 is 25.1 Å². The molecule has 0 amide bonds. The minimum absolute atomic E-state index is 0. The lowest BCUT2D eigenvalue weighted by atomic mass is 10.1. The molecule has 2 heterocycles. The highest BCUT2D eigenvalue weighted by molar-refractivity contribution is 7.59. The minimum Gasteiger partial charge on any atom is -0.491 e. The maximum absolute atomic E-state index is 12.5. The van der Waals surface area contributed by atoms with Crippen molar-refractivity contribution in [2.75, 3.05) is 24.3 Å². The lowest BCUT2D eigenvalue weighted by Crippen LogP contribution is -2.20. The number of nitrogens with zero attached hydrogens (tertiary/aromatic N) is 2. The summed E-state index contributed by atoms with van der Waals surface area (Å²) in [4.78, 5) is 24.2. The van der Waals surface area contributed by atoms with Crippen molar-refractivity contribution >= 4 is 47.8 Å². The van der Waals surface area contributed by atoms with Gasteiger partial charge in [-0.1, -0.05) is 25.4 Å². The number of ether oxygens (including phenoxy) is 1. The molecule has 0 saturated heterocycles. The number of hydrogen-bond acceptors (Lipinski definition) is 6. The van der Waals surface area contributed by atoms with Gasteiger partial charge in [0.15, 0.2) is 11.6 Å². The van der Waals surface area contributed by atoms with Crippen LogP contribution in [0, 0.1) is 5.92 Å². The van der Waals surface area contributed by atoms with Gasteiger partial charge in [0, 0.05) is 28.0 Å². The van der Waals surface area contributed by atoms with Crippen molar-refractivity contribution < 1.29 is 4.74 Å². The third-order valence-corrected chi connectivity index (χ3v) is 4.54. The number of hydrogen-bond donors (Lipinski definition) is 3. The molecule has 0 aliphatic heterocycles. The van der Waals surface area contributed by atoms with E-state index in [1.807, 2.05) is 19.1 Å². The third kappa shape index (κ3) is 5.55. The fraction of sp³-hybridized carbons (Fsp3) is 0.350. The molecular formula is C20H26ClN5O2S. The number of fused-ring (bicyclic) bond motifs is 1. The fourth-order valence-electron chi connectivity index (χ4n) is 2.80. The summed E-state index contributed by atoms with van der Waals surface area (Å²) >= 11 is 6.07. The average Bonchev–Trinajstić information content (AvgIpc) is 2.66. The van der Waals surface area contributed by atoms with Gasteiger partial charge in [-0.05, 0) is 37.1 Å². The zero-order valence-corrected chi connectivity index (χ0v) is 18.6. The van der Waals surface area contributed by atoms with Crippen LogP contribution in [0.5, 0.6) is 5.75 Å². The van der Waals surface area contributed by atoms with E-state index in [2.05, 4.69) is 39.4 Å². The van der Waals surface area contributed by atoms with Gasteiger partial charge < -0.3 is 20.4 Å². The van der Waals surface area contributed by atoms with E-state index < -0.39 is 0 Å². The highest BCUT2D eigenvalue weighted by Crippen LogP contribution is 2.25. The summed E-state index contributed by atoms with van der Waals surface area (Å²) < 4.78 is 5.32. The van der Waals surface area contributed by atoms with Crippen molar-refractivity contribution in [3.05, 3.63) is 51.4 Å². The van der Waals surface area contributed by atoms with Gasteiger partial charge in [0.25, 0.3) is 5.56 Å². The van der Waals surface area contributed by atoms with E-state index in [0.717, 1.165) is 17.4 Å². The lowest BCUT2D eigenvalue weighted by molar-refractivity contribution is 0.412. The normalized spacial score (nSPS) is 11.8. The largest absolute Gasteiger partial charge is 0.491 e. The molecule has 1 aromatic carbocycles. The second kappa shape index (κ2) is 9.84. The average molecular weight is 436 g/mol. The smallest absolute Gasteiger partial charge is 0.253 e. The van der Waals surface area contributed by atoms with E-state index in [9.17, 15) is 4.79 Å². The maximum Gasteiger partial charge on any atom is 0.253 e. The number of aromatic amines is 1. The van der Waals surface area contributed by atoms with Crippen molar-refractivity contribution in [1.82, 2.24) is 15.0 Å². The number of rotatable bonds is 7. The SMILES string of the molecule is COc1cnc(N[C@@H](C)c2cc3cc(Cl)ccc3[nH]c2=O)nc1NCC(C)C.S. The van der Waals surface area contributed by atoms with Crippen LogP contribution < -0.4 is 20.9 Å². The van der Waals surface area contributed by atoms with Crippen molar-refractivity contribution in [3.63, 3.8) is 0 Å². The lowest BCUT2D eigenvalue weighted by Gasteiger charge is -2.16. The Kier molecular flexibility index (Phi) is 7.75. The van der Waals surface area contributed by atoms with Gasteiger partial charge in [0.1, 0.15) is 0 Å². The highest BCUT2D eigenvalue weighted by Gasteiger charge is 2.14. The first-order chi connectivity index (χ1) is 13.4. The van der Waals surface area contributed by atoms with Crippen LogP contribution in [0.4, 0.5) is 11.8 Å². The number of anilines is 2. The van der Waals surface area contributed by atoms with Gasteiger partial charge in [-0.3, -0.25) is 4.79 Å². The summed E-state index contributed by atoms with van der Waals surface area (Å²) in [6, 6.07) is 6.89. The van der Waals surface area contributed by atoms with Crippen LogP contribution in [0.15, 0.2) is 35.3 Å². The van der Waals surface area contributed by atoms with E-state index in [1.54, 1.807) is 25.4 Å². The molecule has 156 valence electrons. The van der Waals surface area contributed by atoms with Crippen LogP contribution in [-0.4, -0.2) is 28.6 Å². The fourth-order valence-corrected chi connectivity index (χ4v) is 2.99. The first-order valence-corrected chi connectivity index (χ1v) is 9.49. The van der Waals surface area contributed by atoms with Crippen LogP contribution in [-0.2, 0) is 0 Å². The molecule has 0 unspecified atom stereocenters. The molecule has 3 N–H and O–H groups in total. The van der Waals surface area contributed by atoms with Gasteiger partial charge in [-0.25, -0.2) is 4.98 Å². The van der Waals surface area contributed by atoms with Crippen LogP contribution in [0.25, 0.3) is 10.9 Å². The Labute approximate surface area is 181 Å². The highest BCUT2D eigenvalue weighted by atomic mass is 35.5. The summed E-state index contributed by atoms with van der Waals surface area (Å²) in [5.74, 6) is 2.04. The Morgan fingerprint density at radius 1 is 1.24 bits per heavy atom. The Hall–Kier alpha value is -2.45. The molecule has 0 bridgehead atoms. The third-order valence-electron chi connectivity index (χ3n) is 4.30. The summed E-state index contributed by atoms with van der Waals surface area (Å²) in [5, 5.41) is 7.93. The van der Waals surface area contributed by atoms with E-state index in [0.29, 0.717) is 34.0 Å². The molecule has 0 aliphatic rings. The van der Waals surface area contributed by atoms with Gasteiger partial charge >= 0.3 is 0 Å². The zero-order valence-electron chi connectivity index (χ0n) is 16.8. The van der Waals surface area contributed by atoms with E-state index in [4.69, 9.17) is 16.3 Å². The first kappa shape index (κ1) is 22.8. The van der Waals surface area contributed by atoms with Crippen molar-refractivity contribution in [1.29, 1.82) is 0 Å². The second-order valence-corrected chi connectivity index (χ2v) is 7.47. The van der Waals surface area contributed by atoms with E-state index in [1.165, 1.54) is 0 Å². The summed E-state index contributed by atoms with van der Waals surface area (Å²) in [6.07, 6.45) is 1.61. The summed E-state index contributed by atoms with van der Waals surface area (Å²) in [7, 11) is 1.58. The molecule has 0 spiro atoms. The topological polar surface area (TPSA) is 91.9 Å². The molecule has 0 radical (unpaired) electrons.